The highest BCUT2D eigenvalue weighted by atomic mass is 19.1. The van der Waals surface area contributed by atoms with Gasteiger partial charge in [0.2, 0.25) is 5.78 Å². The number of alkyl halides is 2. The average molecular weight is 590 g/mol. The van der Waals surface area contributed by atoms with Crippen molar-refractivity contribution >= 4 is 23.4 Å². The quantitative estimate of drug-likeness (QED) is 0.283. The highest BCUT2D eigenvalue weighted by Crippen LogP contribution is 2.71. The predicted molar refractivity (Wildman–Crippen MR) is 142 cm³/mol. The fourth-order valence-electron chi connectivity index (χ4n) is 8.36. The van der Waals surface area contributed by atoms with E-state index < -0.39 is 88.0 Å². The van der Waals surface area contributed by atoms with E-state index in [2.05, 4.69) is 0 Å². The van der Waals surface area contributed by atoms with Crippen molar-refractivity contribution in [1.29, 1.82) is 0 Å². The Morgan fingerprint density at radius 1 is 1.17 bits per heavy atom. The fraction of sp³-hybridized carbons (Fsp3) is 0.567. The van der Waals surface area contributed by atoms with Crippen molar-refractivity contribution in [3.8, 4) is 0 Å². The number of carbonyl (C=O) groups is 3. The zero-order valence-electron chi connectivity index (χ0n) is 23.4. The van der Waals surface area contributed by atoms with E-state index in [-0.39, 0.29) is 36.1 Å². The molecule has 4 aliphatic rings. The largest absolute Gasteiger partial charge is 0.509 e. The number of aliphatic hydroxyl groups is 2. The third kappa shape index (κ3) is 4.05. The van der Waals surface area contributed by atoms with Crippen LogP contribution in [0.25, 0.3) is 0 Å². The number of carbonyl (C=O) groups excluding carboxylic acids is 3. The number of benzene rings is 1. The minimum absolute atomic E-state index is 0.0264. The van der Waals surface area contributed by atoms with E-state index in [9.17, 15) is 34.7 Å². The Hall–Kier alpha value is -3.51. The van der Waals surface area contributed by atoms with Crippen molar-refractivity contribution in [1.82, 2.24) is 0 Å². The number of nitro groups is 1. The molecule has 0 radical (unpaired) electrons. The molecule has 0 aliphatic heterocycles. The highest BCUT2D eigenvalue weighted by Gasteiger charge is 2.76. The Bertz CT molecular complexity index is 1410. The molecule has 5 rings (SSSR count). The summed E-state index contributed by atoms with van der Waals surface area (Å²) in [4.78, 5) is 48.3. The number of nitrogens with zero attached hydrogens (tertiary/aromatic N) is 1. The molecule has 0 bridgehead atoms. The number of ketones is 2. The molecule has 1 aromatic carbocycles. The van der Waals surface area contributed by atoms with Crippen LogP contribution in [0.5, 0.6) is 0 Å². The van der Waals surface area contributed by atoms with Gasteiger partial charge < -0.3 is 19.7 Å². The number of nitro benzene ring substituents is 1. The monoisotopic (exact) mass is 589 g/mol. The first kappa shape index (κ1) is 30.0. The number of allylic oxidation sites excluding steroid dienone is 4. The van der Waals surface area contributed by atoms with Crippen LogP contribution in [0.3, 0.4) is 0 Å². The second-order valence-corrected chi connectivity index (χ2v) is 12.4. The van der Waals surface area contributed by atoms with Crippen LogP contribution in [0.1, 0.15) is 45.6 Å². The average Bonchev–Trinajstić information content (AvgIpc) is 3.14. The minimum atomic E-state index is -2.36. The molecular formula is C30H33F2NO9. The van der Waals surface area contributed by atoms with Crippen molar-refractivity contribution < 1.29 is 47.8 Å². The molecule has 42 heavy (non-hydrogen) atoms. The van der Waals surface area contributed by atoms with E-state index in [0.29, 0.717) is 0 Å². The van der Waals surface area contributed by atoms with Gasteiger partial charge in [0.25, 0.3) is 5.69 Å². The van der Waals surface area contributed by atoms with Crippen molar-refractivity contribution in [2.75, 3.05) is 6.61 Å². The number of hydrogen-bond acceptors (Lipinski definition) is 9. The molecule has 0 saturated heterocycles. The van der Waals surface area contributed by atoms with Crippen molar-refractivity contribution in [2.45, 2.75) is 70.2 Å². The first-order valence-corrected chi connectivity index (χ1v) is 13.8. The standard InChI is InChI=1S/C30H33F2NO9/c1-16-10-19-20-12-22(31)21-11-18(34)8-9-27(21,2)29(20,32)24(35)13-28(19,3)30(16,38)25(36)15-42-26(37)41-14-17-6-4-5-7-23(17)33(39)40/h4-9,11,16,19-20,22,24,35,38H,10,12-15H2,1-3H3/t16-,19-,20-,22-,24-,27-,28-,29-,30-/m0/s1. The van der Waals surface area contributed by atoms with Crippen molar-refractivity contribution in [2.24, 2.45) is 28.6 Å². The molecule has 1 aromatic rings. The lowest BCUT2D eigenvalue weighted by Gasteiger charge is -2.63. The van der Waals surface area contributed by atoms with Gasteiger partial charge in [0, 0.05) is 22.8 Å². The number of halogens is 2. The first-order chi connectivity index (χ1) is 19.6. The number of Topliss-reactive ketones (excluding diaryl/α,β-unsaturated/α-hetero) is 1. The molecule has 3 saturated carbocycles. The van der Waals surface area contributed by atoms with E-state index in [4.69, 9.17) is 9.47 Å². The fourth-order valence-corrected chi connectivity index (χ4v) is 8.36. The molecule has 0 amide bonds. The second-order valence-electron chi connectivity index (χ2n) is 12.4. The summed E-state index contributed by atoms with van der Waals surface area (Å²) in [6.45, 7) is 3.24. The molecule has 0 spiro atoms. The third-order valence-corrected chi connectivity index (χ3v) is 10.5. The van der Waals surface area contributed by atoms with E-state index in [0.717, 1.165) is 6.08 Å². The maximum absolute atomic E-state index is 17.3. The van der Waals surface area contributed by atoms with Crippen LogP contribution in [0, 0.1) is 38.7 Å². The summed E-state index contributed by atoms with van der Waals surface area (Å²) in [5, 5.41) is 34.5. The van der Waals surface area contributed by atoms with E-state index >= 15 is 8.78 Å². The third-order valence-electron chi connectivity index (χ3n) is 10.5. The van der Waals surface area contributed by atoms with Gasteiger partial charge in [-0.2, -0.15) is 0 Å². The minimum Gasteiger partial charge on any atom is -0.429 e. The normalized spacial score (nSPS) is 40.3. The molecule has 10 nitrogen and oxygen atoms in total. The maximum Gasteiger partial charge on any atom is 0.509 e. The van der Waals surface area contributed by atoms with Gasteiger partial charge in [0.05, 0.1) is 16.6 Å². The molecule has 0 aromatic heterocycles. The SMILES string of the molecule is C[C@H]1C[C@H]2[C@@H]3C[C@H](F)C4=CC(=O)C=C[C@]4(C)[C@@]3(F)[C@@H](O)C[C@]2(C)[C@@]1(O)C(=O)COC(=O)OCc1ccccc1[N+](=O)[O-]. The van der Waals surface area contributed by atoms with Crippen LogP contribution in [-0.4, -0.2) is 63.0 Å². The summed E-state index contributed by atoms with van der Waals surface area (Å²) in [6, 6.07) is 5.62. The van der Waals surface area contributed by atoms with Gasteiger partial charge in [-0.3, -0.25) is 19.7 Å². The number of para-hydroxylation sites is 1. The zero-order chi connectivity index (χ0) is 30.8. The second kappa shape index (κ2) is 10.0. The van der Waals surface area contributed by atoms with Gasteiger partial charge in [0.15, 0.2) is 18.1 Å². The topological polar surface area (TPSA) is 153 Å². The summed E-state index contributed by atoms with van der Waals surface area (Å²) < 4.78 is 42.7. The molecule has 226 valence electrons. The van der Waals surface area contributed by atoms with Crippen LogP contribution >= 0.6 is 0 Å². The number of fused-ring (bicyclic) bond motifs is 5. The van der Waals surface area contributed by atoms with Gasteiger partial charge in [-0.05, 0) is 61.8 Å². The molecule has 0 unspecified atom stereocenters. The number of hydrogen-bond donors (Lipinski definition) is 2. The van der Waals surface area contributed by atoms with Gasteiger partial charge in [-0.15, -0.1) is 0 Å². The summed E-state index contributed by atoms with van der Waals surface area (Å²) >= 11 is 0. The Kier molecular flexibility index (Phi) is 7.17. The van der Waals surface area contributed by atoms with Gasteiger partial charge in [-0.25, -0.2) is 13.6 Å². The number of aliphatic hydroxyl groups excluding tert-OH is 1. The van der Waals surface area contributed by atoms with E-state index in [1.165, 1.54) is 43.3 Å². The summed E-state index contributed by atoms with van der Waals surface area (Å²) in [5.41, 5.74) is -7.69. The van der Waals surface area contributed by atoms with Crippen molar-refractivity contribution in [3.63, 3.8) is 0 Å². The Balaban J connectivity index is 1.35. The lowest BCUT2D eigenvalue weighted by atomic mass is 9.44. The van der Waals surface area contributed by atoms with Gasteiger partial charge in [0.1, 0.15) is 18.4 Å². The Morgan fingerprint density at radius 3 is 2.55 bits per heavy atom. The first-order valence-electron chi connectivity index (χ1n) is 13.8. The summed E-state index contributed by atoms with van der Waals surface area (Å²) in [5.74, 6) is -3.91. The summed E-state index contributed by atoms with van der Waals surface area (Å²) in [7, 11) is 0. The van der Waals surface area contributed by atoms with Crippen LogP contribution in [-0.2, 0) is 25.7 Å². The van der Waals surface area contributed by atoms with Gasteiger partial charge in [-0.1, -0.05) is 32.1 Å². The Labute approximate surface area is 240 Å². The van der Waals surface area contributed by atoms with Crippen LogP contribution in [0.2, 0.25) is 0 Å². The van der Waals surface area contributed by atoms with E-state index in [1.807, 2.05) is 0 Å². The van der Waals surface area contributed by atoms with Crippen molar-refractivity contribution in [3.05, 3.63) is 63.7 Å². The van der Waals surface area contributed by atoms with Crippen LogP contribution < -0.4 is 0 Å². The zero-order valence-corrected chi connectivity index (χ0v) is 23.4. The molecule has 9 atom stereocenters. The Morgan fingerprint density at radius 2 is 1.86 bits per heavy atom. The van der Waals surface area contributed by atoms with Gasteiger partial charge >= 0.3 is 6.16 Å². The summed E-state index contributed by atoms with van der Waals surface area (Å²) in [6.07, 6.45) is -1.60. The number of ether oxygens (including phenoxy) is 2. The smallest absolute Gasteiger partial charge is 0.429 e. The van der Waals surface area contributed by atoms with Crippen LogP contribution in [0.4, 0.5) is 19.3 Å². The molecule has 2 N–H and O–H groups in total. The molecule has 12 heteroatoms. The lowest BCUT2D eigenvalue weighted by Crippen LogP contribution is -2.70. The lowest BCUT2D eigenvalue weighted by molar-refractivity contribution is -0.385. The highest BCUT2D eigenvalue weighted by molar-refractivity contribution is 6.01. The molecule has 4 aliphatic carbocycles. The molecular weight excluding hydrogens is 556 g/mol. The van der Waals surface area contributed by atoms with Crippen LogP contribution in [0.15, 0.2) is 48.1 Å². The number of rotatable bonds is 6. The molecule has 3 fully saturated rings. The molecule has 0 heterocycles. The predicted octanol–water partition coefficient (Wildman–Crippen LogP) is 4.11. The van der Waals surface area contributed by atoms with E-state index in [1.54, 1.807) is 13.8 Å². The maximum atomic E-state index is 17.3.